The van der Waals surface area contributed by atoms with Gasteiger partial charge >= 0.3 is 0 Å². The van der Waals surface area contributed by atoms with Crippen molar-refractivity contribution in [3.05, 3.63) is 86.5 Å². The maximum Gasteiger partial charge on any atom is 0.285 e. The minimum atomic E-state index is -0.536. The average Bonchev–Trinajstić information content (AvgIpc) is 2.95. The second kappa shape index (κ2) is 6.36. The number of aromatic amines is 1. The van der Waals surface area contributed by atoms with Crippen molar-refractivity contribution in [1.29, 1.82) is 0 Å². The maximum absolute atomic E-state index is 12.1. The molecule has 0 bridgehead atoms. The summed E-state index contributed by atoms with van der Waals surface area (Å²) in [4.78, 5) is 30.9. The molecule has 0 unspecified atom stereocenters. The molecule has 22 heavy (non-hydrogen) atoms. The number of pyridine rings is 1. The van der Waals surface area contributed by atoms with E-state index in [2.05, 4.69) is 9.98 Å². The van der Waals surface area contributed by atoms with Crippen molar-refractivity contribution in [2.24, 2.45) is 4.99 Å². The first-order valence-corrected chi connectivity index (χ1v) is 7.56. The van der Waals surface area contributed by atoms with Gasteiger partial charge in [-0.25, -0.2) is 0 Å². The largest absolute Gasteiger partial charge is 0.328 e. The number of carbonyl (C=O) groups excluding carboxylic acids is 1. The zero-order valence-corrected chi connectivity index (χ0v) is 12.4. The second-order valence-electron chi connectivity index (χ2n) is 4.63. The molecule has 2 heterocycles. The average molecular weight is 311 g/mol. The summed E-state index contributed by atoms with van der Waals surface area (Å²) in [5.41, 5.74) is 0.733. The van der Waals surface area contributed by atoms with Crippen LogP contribution in [-0.2, 0) is 6.54 Å². The molecule has 0 aliphatic heterocycles. The monoisotopic (exact) mass is 311 g/mol. The van der Waals surface area contributed by atoms with Crippen LogP contribution in [0.25, 0.3) is 0 Å². The molecule has 1 amide bonds. The molecule has 0 aliphatic carbocycles. The van der Waals surface area contributed by atoms with E-state index in [1.807, 2.05) is 46.5 Å². The smallest absolute Gasteiger partial charge is 0.285 e. The van der Waals surface area contributed by atoms with Crippen molar-refractivity contribution in [2.45, 2.75) is 6.54 Å². The number of carbonyl (C=O) groups is 1. The van der Waals surface area contributed by atoms with Crippen LogP contribution in [0.5, 0.6) is 0 Å². The highest BCUT2D eigenvalue weighted by Crippen LogP contribution is 2.02. The number of nitrogens with one attached hydrogen (secondary N) is 1. The summed E-state index contributed by atoms with van der Waals surface area (Å²) in [6, 6.07) is 13.0. The number of hydrogen-bond acceptors (Lipinski definition) is 3. The lowest BCUT2D eigenvalue weighted by Gasteiger charge is -2.02. The Kier molecular flexibility index (Phi) is 4.11. The van der Waals surface area contributed by atoms with Gasteiger partial charge in [0.15, 0.2) is 4.80 Å². The summed E-state index contributed by atoms with van der Waals surface area (Å²) in [7, 11) is 0. The second-order valence-corrected chi connectivity index (χ2v) is 5.50. The molecule has 1 N–H and O–H groups in total. The Balaban J connectivity index is 1.93. The number of benzene rings is 1. The Morgan fingerprint density at radius 2 is 2.00 bits per heavy atom. The molecular formula is C16H13N3O2S. The van der Waals surface area contributed by atoms with Crippen molar-refractivity contribution in [2.75, 3.05) is 0 Å². The normalized spacial score (nSPS) is 11.5. The van der Waals surface area contributed by atoms with Gasteiger partial charge in [-0.3, -0.25) is 9.59 Å². The van der Waals surface area contributed by atoms with Crippen molar-refractivity contribution in [1.82, 2.24) is 9.55 Å². The van der Waals surface area contributed by atoms with Crippen LogP contribution in [-0.4, -0.2) is 15.5 Å². The van der Waals surface area contributed by atoms with Gasteiger partial charge < -0.3 is 9.55 Å². The van der Waals surface area contributed by atoms with Gasteiger partial charge in [0.25, 0.3) is 11.5 Å². The lowest BCUT2D eigenvalue weighted by atomic mass is 10.2. The summed E-state index contributed by atoms with van der Waals surface area (Å²) >= 11 is 1.36. The zero-order chi connectivity index (χ0) is 15.4. The van der Waals surface area contributed by atoms with E-state index in [1.165, 1.54) is 23.6 Å². The summed E-state index contributed by atoms with van der Waals surface area (Å²) in [5, 5.41) is 1.87. The first kappa shape index (κ1) is 14.2. The molecule has 0 saturated carbocycles. The maximum atomic E-state index is 12.1. The number of H-pyrrole nitrogens is 1. The van der Waals surface area contributed by atoms with E-state index in [-0.39, 0.29) is 5.56 Å². The van der Waals surface area contributed by atoms with Crippen LogP contribution in [0.1, 0.15) is 15.9 Å². The van der Waals surface area contributed by atoms with E-state index in [4.69, 9.17) is 0 Å². The fraction of sp³-hybridized carbons (Fsp3) is 0.0625. The molecule has 6 heteroatoms. The molecule has 3 aromatic rings. The highest BCUT2D eigenvalue weighted by atomic mass is 32.1. The summed E-state index contributed by atoms with van der Waals surface area (Å²) < 4.78 is 1.88. The van der Waals surface area contributed by atoms with E-state index in [9.17, 15) is 9.59 Å². The van der Waals surface area contributed by atoms with Gasteiger partial charge in [-0.15, -0.1) is 11.3 Å². The fourth-order valence-corrected chi connectivity index (χ4v) is 2.75. The van der Waals surface area contributed by atoms with Crippen LogP contribution in [0.2, 0.25) is 0 Å². The Hall–Kier alpha value is -2.73. The molecule has 0 radical (unpaired) electrons. The topological polar surface area (TPSA) is 67.2 Å². The van der Waals surface area contributed by atoms with E-state index < -0.39 is 11.5 Å². The van der Waals surface area contributed by atoms with E-state index in [0.29, 0.717) is 11.3 Å². The molecule has 0 fully saturated rings. The molecule has 1 aromatic carbocycles. The van der Waals surface area contributed by atoms with Crippen LogP contribution < -0.4 is 10.4 Å². The molecule has 110 valence electrons. The zero-order valence-electron chi connectivity index (χ0n) is 11.6. The minimum Gasteiger partial charge on any atom is -0.328 e. The Morgan fingerprint density at radius 3 is 2.77 bits per heavy atom. The van der Waals surface area contributed by atoms with E-state index >= 15 is 0 Å². The van der Waals surface area contributed by atoms with Crippen LogP contribution in [0.3, 0.4) is 0 Å². The van der Waals surface area contributed by atoms with Crippen LogP contribution >= 0.6 is 11.3 Å². The van der Waals surface area contributed by atoms with Gasteiger partial charge in [-0.2, -0.15) is 4.99 Å². The van der Waals surface area contributed by atoms with E-state index in [1.54, 1.807) is 6.07 Å². The lowest BCUT2D eigenvalue weighted by molar-refractivity contribution is 0.0996. The summed E-state index contributed by atoms with van der Waals surface area (Å²) in [6.07, 6.45) is 3.36. The summed E-state index contributed by atoms with van der Waals surface area (Å²) in [5.74, 6) is -0.536. The van der Waals surface area contributed by atoms with Crippen LogP contribution in [0.4, 0.5) is 0 Å². The third-order valence-corrected chi connectivity index (χ3v) is 3.90. The summed E-state index contributed by atoms with van der Waals surface area (Å²) in [6.45, 7) is 0.627. The molecule has 0 saturated heterocycles. The number of amides is 1. The van der Waals surface area contributed by atoms with Gasteiger partial charge in [0.2, 0.25) is 0 Å². The van der Waals surface area contributed by atoms with Gasteiger partial charge in [-0.05, 0) is 17.7 Å². The SMILES string of the molecule is O=C(N=c1sccn1Cc1ccccc1)c1ccc[nH]c1=O. The third-order valence-electron chi connectivity index (χ3n) is 3.10. The number of rotatable bonds is 3. The van der Waals surface area contributed by atoms with Crippen molar-refractivity contribution in [3.8, 4) is 0 Å². The van der Waals surface area contributed by atoms with E-state index in [0.717, 1.165) is 5.56 Å². The van der Waals surface area contributed by atoms with Crippen molar-refractivity contribution >= 4 is 17.2 Å². The van der Waals surface area contributed by atoms with Gasteiger partial charge in [0, 0.05) is 24.3 Å². The number of thiazole rings is 1. The first-order chi connectivity index (χ1) is 10.7. The molecule has 3 rings (SSSR count). The quantitative estimate of drug-likeness (QED) is 0.804. The molecule has 0 aliphatic rings. The third kappa shape index (κ3) is 3.12. The molecule has 5 nitrogen and oxygen atoms in total. The standard InChI is InChI=1S/C16H13N3O2S/c20-14-13(7-4-8-17-14)15(21)18-16-19(9-10-22-16)11-12-5-2-1-3-6-12/h1-10H,11H2,(H,17,20). The number of aromatic nitrogens is 2. The first-order valence-electron chi connectivity index (χ1n) is 6.68. The van der Waals surface area contributed by atoms with Gasteiger partial charge in [0.1, 0.15) is 5.56 Å². The van der Waals surface area contributed by atoms with Crippen LogP contribution in [0, 0.1) is 0 Å². The molecule has 0 spiro atoms. The Labute approximate surface area is 130 Å². The fourth-order valence-electron chi connectivity index (χ4n) is 2.02. The van der Waals surface area contributed by atoms with Crippen molar-refractivity contribution < 1.29 is 4.79 Å². The predicted octanol–water partition coefficient (Wildman–Crippen LogP) is 2.03. The van der Waals surface area contributed by atoms with Gasteiger partial charge in [0.05, 0.1) is 0 Å². The predicted molar refractivity (Wildman–Crippen MR) is 84.8 cm³/mol. The minimum absolute atomic E-state index is 0.0437. The van der Waals surface area contributed by atoms with Gasteiger partial charge in [-0.1, -0.05) is 30.3 Å². The number of nitrogens with zero attached hydrogens (tertiary/aromatic N) is 2. The Bertz CT molecular complexity index is 906. The highest BCUT2D eigenvalue weighted by molar-refractivity contribution is 7.07. The highest BCUT2D eigenvalue weighted by Gasteiger charge is 2.09. The molecule has 0 atom stereocenters. The Morgan fingerprint density at radius 1 is 1.18 bits per heavy atom. The van der Waals surface area contributed by atoms with Crippen LogP contribution in [0.15, 0.2) is 70.0 Å². The lowest BCUT2D eigenvalue weighted by Crippen LogP contribution is -2.20. The number of hydrogen-bond donors (Lipinski definition) is 1. The molecule has 2 aromatic heterocycles. The molecular weight excluding hydrogens is 298 g/mol. The van der Waals surface area contributed by atoms with Crippen molar-refractivity contribution in [3.63, 3.8) is 0 Å².